The minimum absolute atomic E-state index is 0.0272. The fourth-order valence-electron chi connectivity index (χ4n) is 4.99. The largest absolute Gasteiger partial charge is 0.379 e. The molecule has 1 atom stereocenters. The molecule has 3 fully saturated rings. The molecule has 0 bridgehead atoms. The molecule has 2 aliphatic heterocycles. The number of amides is 1. The lowest BCUT2D eigenvalue weighted by molar-refractivity contribution is -0.139. The van der Waals surface area contributed by atoms with Gasteiger partial charge in [0.15, 0.2) is 0 Å². The van der Waals surface area contributed by atoms with Gasteiger partial charge in [-0.2, -0.15) is 0 Å². The summed E-state index contributed by atoms with van der Waals surface area (Å²) in [5, 5.41) is 3.43. The van der Waals surface area contributed by atoms with Crippen LogP contribution < -0.4 is 5.32 Å². The Labute approximate surface area is 155 Å². The second-order valence-corrected chi connectivity index (χ2v) is 7.91. The number of carbonyl (C=O) groups is 1. The first kappa shape index (κ1) is 17.9. The molecule has 1 aromatic heterocycles. The smallest absolute Gasteiger partial charge is 0.225 e. The minimum atomic E-state index is 0.0272. The van der Waals surface area contributed by atoms with Gasteiger partial charge in [-0.1, -0.05) is 12.8 Å². The van der Waals surface area contributed by atoms with E-state index in [0.717, 1.165) is 64.6 Å². The van der Waals surface area contributed by atoms with E-state index in [1.807, 2.05) is 24.0 Å². The Morgan fingerprint density at radius 3 is 2.77 bits per heavy atom. The summed E-state index contributed by atoms with van der Waals surface area (Å²) < 4.78 is 7.58. The quantitative estimate of drug-likeness (QED) is 0.864. The van der Waals surface area contributed by atoms with E-state index < -0.39 is 0 Å². The van der Waals surface area contributed by atoms with Gasteiger partial charge in [0.1, 0.15) is 11.9 Å². The molecule has 3 heterocycles. The number of piperazine rings is 1. The minimum Gasteiger partial charge on any atom is -0.379 e. The molecule has 1 saturated carbocycles. The maximum absolute atomic E-state index is 13.4. The molecule has 26 heavy (non-hydrogen) atoms. The van der Waals surface area contributed by atoms with Gasteiger partial charge in [0.25, 0.3) is 0 Å². The zero-order valence-corrected chi connectivity index (χ0v) is 15.8. The number of carbonyl (C=O) groups excluding carboxylic acids is 1. The van der Waals surface area contributed by atoms with Crippen molar-refractivity contribution < 1.29 is 9.53 Å². The first-order valence-electron chi connectivity index (χ1n) is 10.00. The van der Waals surface area contributed by atoms with Gasteiger partial charge in [0, 0.05) is 64.1 Å². The van der Waals surface area contributed by atoms with E-state index in [9.17, 15) is 4.79 Å². The molecule has 0 aromatic carbocycles. The van der Waals surface area contributed by atoms with E-state index in [0.29, 0.717) is 6.42 Å². The van der Waals surface area contributed by atoms with Crippen LogP contribution in [-0.2, 0) is 16.6 Å². The third-order valence-corrected chi connectivity index (χ3v) is 6.42. The summed E-state index contributed by atoms with van der Waals surface area (Å²) in [6, 6.07) is 0.0272. The van der Waals surface area contributed by atoms with Crippen molar-refractivity contribution >= 4 is 5.91 Å². The van der Waals surface area contributed by atoms with Gasteiger partial charge in [-0.15, -0.1) is 0 Å². The average Bonchev–Trinajstić information content (AvgIpc) is 3.32. The zero-order chi connectivity index (χ0) is 18.0. The predicted molar refractivity (Wildman–Crippen MR) is 98.7 cm³/mol. The van der Waals surface area contributed by atoms with Crippen LogP contribution in [0.3, 0.4) is 0 Å². The average molecular weight is 361 g/mol. The molecule has 144 valence electrons. The van der Waals surface area contributed by atoms with Crippen LogP contribution in [0, 0.1) is 0 Å². The summed E-state index contributed by atoms with van der Waals surface area (Å²) in [6.45, 7) is 5.89. The van der Waals surface area contributed by atoms with Crippen LogP contribution in [0.5, 0.6) is 0 Å². The third kappa shape index (κ3) is 3.40. The first-order chi connectivity index (χ1) is 12.7. The lowest BCUT2D eigenvalue weighted by Gasteiger charge is -2.45. The molecule has 1 N–H and O–H groups in total. The number of imidazole rings is 1. The highest BCUT2D eigenvalue weighted by molar-refractivity contribution is 5.78. The van der Waals surface area contributed by atoms with E-state index >= 15 is 0 Å². The van der Waals surface area contributed by atoms with E-state index in [1.165, 1.54) is 12.8 Å². The van der Waals surface area contributed by atoms with Crippen molar-refractivity contribution in [1.82, 2.24) is 24.7 Å². The highest BCUT2D eigenvalue weighted by Gasteiger charge is 2.43. The SMILES string of the molecule is Cn1ccnc1C1CNCCN1C(=O)CC1(N2CCOCC2)CCCC1. The van der Waals surface area contributed by atoms with Crippen molar-refractivity contribution in [2.45, 2.75) is 43.7 Å². The maximum Gasteiger partial charge on any atom is 0.225 e. The summed E-state index contributed by atoms with van der Waals surface area (Å²) in [5.74, 6) is 1.25. The van der Waals surface area contributed by atoms with Gasteiger partial charge in [-0.25, -0.2) is 4.98 Å². The molecule has 0 radical (unpaired) electrons. The summed E-state index contributed by atoms with van der Waals surface area (Å²) in [6.07, 6.45) is 9.14. The number of hydrogen-bond donors (Lipinski definition) is 1. The molecule has 1 amide bonds. The molecule has 1 unspecified atom stereocenters. The van der Waals surface area contributed by atoms with Crippen LogP contribution in [0.1, 0.15) is 44.0 Å². The first-order valence-corrected chi connectivity index (χ1v) is 10.00. The Balaban J connectivity index is 1.52. The van der Waals surface area contributed by atoms with E-state index in [2.05, 4.69) is 20.1 Å². The lowest BCUT2D eigenvalue weighted by Crippen LogP contribution is -2.56. The Bertz CT molecular complexity index is 619. The standard InChI is InChI=1S/C19H31N5O2/c1-22-8-7-21-18(22)16-15-20-6-9-24(16)17(25)14-19(4-2-3-5-19)23-10-12-26-13-11-23/h7-8,16,20H,2-6,9-15H2,1H3. The van der Waals surface area contributed by atoms with Crippen molar-refractivity contribution in [2.24, 2.45) is 7.05 Å². The number of aryl methyl sites for hydroxylation is 1. The van der Waals surface area contributed by atoms with Gasteiger partial charge in [-0.05, 0) is 12.8 Å². The summed E-state index contributed by atoms with van der Waals surface area (Å²) in [5.41, 5.74) is 0.0396. The lowest BCUT2D eigenvalue weighted by atomic mass is 9.89. The number of hydrogen-bond acceptors (Lipinski definition) is 5. The summed E-state index contributed by atoms with van der Waals surface area (Å²) in [7, 11) is 2.01. The second kappa shape index (κ2) is 7.66. The van der Waals surface area contributed by atoms with E-state index in [1.54, 1.807) is 0 Å². The number of ether oxygens (including phenoxy) is 1. The Morgan fingerprint density at radius 1 is 1.31 bits per heavy atom. The number of morpholine rings is 1. The summed E-state index contributed by atoms with van der Waals surface area (Å²) in [4.78, 5) is 22.5. The van der Waals surface area contributed by atoms with Crippen molar-refractivity contribution in [1.29, 1.82) is 0 Å². The summed E-state index contributed by atoms with van der Waals surface area (Å²) >= 11 is 0. The van der Waals surface area contributed by atoms with Crippen LogP contribution in [-0.4, -0.2) is 76.7 Å². The highest BCUT2D eigenvalue weighted by Crippen LogP contribution is 2.39. The fraction of sp³-hybridized carbons (Fsp3) is 0.789. The van der Waals surface area contributed by atoms with Crippen LogP contribution in [0.2, 0.25) is 0 Å². The second-order valence-electron chi connectivity index (χ2n) is 7.91. The van der Waals surface area contributed by atoms with E-state index in [4.69, 9.17) is 4.74 Å². The Hall–Kier alpha value is -1.44. The molecule has 4 rings (SSSR count). The molecule has 0 spiro atoms. The number of nitrogens with one attached hydrogen (secondary N) is 1. The monoisotopic (exact) mass is 361 g/mol. The van der Waals surface area contributed by atoms with Gasteiger partial charge in [0.05, 0.1) is 13.2 Å². The molecule has 7 nitrogen and oxygen atoms in total. The normalized spacial score (nSPS) is 27.0. The van der Waals surface area contributed by atoms with Gasteiger partial charge in [0.2, 0.25) is 5.91 Å². The van der Waals surface area contributed by atoms with Crippen molar-refractivity contribution in [2.75, 3.05) is 45.9 Å². The fourth-order valence-corrected chi connectivity index (χ4v) is 4.99. The Kier molecular flexibility index (Phi) is 5.29. The number of aromatic nitrogens is 2. The van der Waals surface area contributed by atoms with Crippen LogP contribution in [0.4, 0.5) is 0 Å². The predicted octanol–water partition coefficient (Wildman–Crippen LogP) is 0.928. The molecule has 2 saturated heterocycles. The van der Waals surface area contributed by atoms with Crippen molar-refractivity contribution in [3.05, 3.63) is 18.2 Å². The molecule has 1 aromatic rings. The van der Waals surface area contributed by atoms with Crippen LogP contribution in [0.15, 0.2) is 12.4 Å². The molecule has 3 aliphatic rings. The van der Waals surface area contributed by atoms with Gasteiger partial charge in [-0.3, -0.25) is 9.69 Å². The Morgan fingerprint density at radius 2 is 2.08 bits per heavy atom. The van der Waals surface area contributed by atoms with Crippen molar-refractivity contribution in [3.63, 3.8) is 0 Å². The van der Waals surface area contributed by atoms with Gasteiger partial charge < -0.3 is 19.5 Å². The van der Waals surface area contributed by atoms with E-state index in [-0.39, 0.29) is 17.5 Å². The third-order valence-electron chi connectivity index (χ3n) is 6.42. The van der Waals surface area contributed by atoms with Crippen LogP contribution in [0.25, 0.3) is 0 Å². The number of nitrogens with zero attached hydrogens (tertiary/aromatic N) is 4. The topological polar surface area (TPSA) is 62.6 Å². The highest BCUT2D eigenvalue weighted by atomic mass is 16.5. The van der Waals surface area contributed by atoms with Crippen LogP contribution >= 0.6 is 0 Å². The molecule has 1 aliphatic carbocycles. The maximum atomic E-state index is 13.4. The van der Waals surface area contributed by atoms with Gasteiger partial charge >= 0.3 is 0 Å². The molecular weight excluding hydrogens is 330 g/mol. The zero-order valence-electron chi connectivity index (χ0n) is 15.8. The molecule has 7 heteroatoms. The number of rotatable bonds is 4. The molecular formula is C19H31N5O2. The van der Waals surface area contributed by atoms with Crippen molar-refractivity contribution in [3.8, 4) is 0 Å².